The Morgan fingerprint density at radius 3 is 2.96 bits per heavy atom. The zero-order chi connectivity index (χ0) is 17.1. The summed E-state index contributed by atoms with van der Waals surface area (Å²) in [5, 5.41) is 6.00. The first kappa shape index (κ1) is 17.2. The Bertz CT molecular complexity index is 873. The van der Waals surface area contributed by atoms with E-state index in [2.05, 4.69) is 17.1 Å². The molecule has 3 aromatic rings. The number of ether oxygens (including phenoxy) is 1. The maximum absolute atomic E-state index is 6.10. The highest BCUT2D eigenvalue weighted by molar-refractivity contribution is 7.71. The van der Waals surface area contributed by atoms with Crippen LogP contribution in [0.25, 0.3) is 10.7 Å². The molecule has 0 aliphatic heterocycles. The number of methoxy groups -OCH3 is 1. The zero-order valence-electron chi connectivity index (χ0n) is 13.4. The molecule has 0 radical (unpaired) electrons. The number of hydrogen-bond donors (Lipinski definition) is 2. The Labute approximate surface area is 154 Å². The van der Waals surface area contributed by atoms with Gasteiger partial charge in [-0.3, -0.25) is 5.10 Å². The number of thiophene rings is 1. The first-order valence-electron chi connectivity index (χ1n) is 7.41. The van der Waals surface area contributed by atoms with Crippen LogP contribution in [-0.4, -0.2) is 28.9 Å². The molecule has 1 unspecified atom stereocenters. The molecule has 24 heavy (non-hydrogen) atoms. The second kappa shape index (κ2) is 7.48. The van der Waals surface area contributed by atoms with E-state index in [1.54, 1.807) is 18.4 Å². The Morgan fingerprint density at radius 1 is 1.42 bits per heavy atom. The number of aromatic nitrogens is 3. The molecule has 3 rings (SSSR count). The molecule has 2 aromatic heterocycles. The van der Waals surface area contributed by atoms with Crippen molar-refractivity contribution < 1.29 is 9.64 Å². The number of benzene rings is 1. The summed E-state index contributed by atoms with van der Waals surface area (Å²) < 4.78 is 7.85. The fraction of sp³-hybridized carbons (Fsp3) is 0.250. The molecule has 0 saturated heterocycles. The number of halogens is 1. The Balaban J connectivity index is 1.75. The van der Waals surface area contributed by atoms with Crippen LogP contribution in [0.4, 0.5) is 0 Å². The summed E-state index contributed by atoms with van der Waals surface area (Å²) in [4.78, 5) is 6.74. The summed E-state index contributed by atoms with van der Waals surface area (Å²) in [6, 6.07) is 9.68. The van der Waals surface area contributed by atoms with Gasteiger partial charge in [0.1, 0.15) is 12.3 Å². The van der Waals surface area contributed by atoms with E-state index in [9.17, 15) is 0 Å². The van der Waals surface area contributed by atoms with E-state index in [1.165, 1.54) is 4.90 Å². The van der Waals surface area contributed by atoms with Crippen molar-refractivity contribution in [2.75, 3.05) is 14.2 Å². The van der Waals surface area contributed by atoms with Crippen LogP contribution in [-0.2, 0) is 13.2 Å². The number of hydrogen-bond acceptors (Lipinski definition) is 4. The van der Waals surface area contributed by atoms with Crippen LogP contribution < -0.4 is 9.64 Å². The molecule has 0 aliphatic rings. The Kier molecular flexibility index (Phi) is 5.35. The van der Waals surface area contributed by atoms with Gasteiger partial charge in [-0.1, -0.05) is 17.7 Å². The molecule has 1 aromatic carbocycles. The fourth-order valence-corrected chi connectivity index (χ4v) is 3.58. The number of H-pyrrole nitrogens is 1. The van der Waals surface area contributed by atoms with E-state index in [0.717, 1.165) is 28.6 Å². The first-order chi connectivity index (χ1) is 11.6. The molecule has 8 heteroatoms. The van der Waals surface area contributed by atoms with Crippen molar-refractivity contribution in [3.8, 4) is 16.5 Å². The number of rotatable bonds is 6. The lowest BCUT2D eigenvalue weighted by Crippen LogP contribution is -3.07. The molecule has 1 atom stereocenters. The SMILES string of the molecule is COc1ccc(Cl)cc1C[NH+](C)Cn1[nH]c(-c2cccs2)nc1=S. The van der Waals surface area contributed by atoms with Gasteiger partial charge in [0.05, 0.1) is 19.0 Å². The number of aromatic amines is 1. The van der Waals surface area contributed by atoms with Gasteiger partial charge in [0.25, 0.3) is 0 Å². The third-order valence-corrected chi connectivity index (χ3v) is 5.02. The minimum absolute atomic E-state index is 0.552. The fourth-order valence-electron chi connectivity index (χ4n) is 2.52. The number of quaternary nitrogens is 1. The van der Waals surface area contributed by atoms with Gasteiger partial charge in [-0.05, 0) is 41.9 Å². The smallest absolute Gasteiger partial charge is 0.221 e. The molecule has 0 amide bonds. The van der Waals surface area contributed by atoms with Gasteiger partial charge in [0.15, 0.2) is 12.5 Å². The maximum Gasteiger partial charge on any atom is 0.221 e. The van der Waals surface area contributed by atoms with E-state index in [1.807, 2.05) is 40.4 Å². The van der Waals surface area contributed by atoms with Crippen molar-refractivity contribution in [3.63, 3.8) is 0 Å². The third kappa shape index (κ3) is 3.87. The zero-order valence-corrected chi connectivity index (χ0v) is 15.8. The lowest BCUT2D eigenvalue weighted by molar-refractivity contribution is -0.917. The van der Waals surface area contributed by atoms with E-state index in [0.29, 0.717) is 16.5 Å². The van der Waals surface area contributed by atoms with Crippen molar-refractivity contribution >= 4 is 35.2 Å². The highest BCUT2D eigenvalue weighted by Gasteiger charge is 2.13. The molecule has 0 spiro atoms. The summed E-state index contributed by atoms with van der Waals surface area (Å²) in [5.74, 6) is 1.65. The molecule has 0 saturated carbocycles. The minimum atomic E-state index is 0.552. The average Bonchev–Trinajstić information content (AvgIpc) is 3.18. The van der Waals surface area contributed by atoms with E-state index in [-0.39, 0.29) is 0 Å². The summed E-state index contributed by atoms with van der Waals surface area (Å²) in [7, 11) is 3.76. The normalized spacial score (nSPS) is 12.3. The molecule has 2 heterocycles. The topological polar surface area (TPSA) is 47.3 Å². The van der Waals surface area contributed by atoms with E-state index < -0.39 is 0 Å². The van der Waals surface area contributed by atoms with Crippen LogP contribution in [0.15, 0.2) is 35.7 Å². The minimum Gasteiger partial charge on any atom is -0.496 e. The summed E-state index contributed by atoms with van der Waals surface area (Å²) >= 11 is 13.1. The molecule has 2 N–H and O–H groups in total. The third-order valence-electron chi connectivity index (χ3n) is 3.60. The first-order valence-corrected chi connectivity index (χ1v) is 9.08. The van der Waals surface area contributed by atoms with E-state index in [4.69, 9.17) is 28.6 Å². The monoisotopic (exact) mass is 381 g/mol. The number of nitrogens with zero attached hydrogens (tertiary/aromatic N) is 2. The highest BCUT2D eigenvalue weighted by Crippen LogP contribution is 2.22. The summed E-state index contributed by atoms with van der Waals surface area (Å²) in [6.45, 7) is 1.44. The molecule has 0 fully saturated rings. The lowest BCUT2D eigenvalue weighted by Gasteiger charge is -2.16. The predicted octanol–water partition coefficient (Wildman–Crippen LogP) is 3.00. The van der Waals surface area contributed by atoms with Crippen LogP contribution >= 0.6 is 35.2 Å². The van der Waals surface area contributed by atoms with Gasteiger partial charge in [-0.15, -0.1) is 11.3 Å². The largest absolute Gasteiger partial charge is 0.496 e. The molecule has 0 bridgehead atoms. The van der Waals surface area contributed by atoms with E-state index >= 15 is 0 Å². The quantitative estimate of drug-likeness (QED) is 0.645. The van der Waals surface area contributed by atoms with Gasteiger partial charge in [-0.25, -0.2) is 4.68 Å². The Morgan fingerprint density at radius 2 is 2.25 bits per heavy atom. The number of nitrogens with one attached hydrogen (secondary N) is 2. The second-order valence-corrected chi connectivity index (χ2v) is 7.26. The van der Waals surface area contributed by atoms with Gasteiger partial charge < -0.3 is 9.64 Å². The van der Waals surface area contributed by atoms with Crippen LogP contribution in [0.2, 0.25) is 5.02 Å². The van der Waals surface area contributed by atoms with Gasteiger partial charge in [0.2, 0.25) is 4.77 Å². The summed E-state index contributed by atoms with van der Waals surface area (Å²) in [5.41, 5.74) is 1.06. The maximum atomic E-state index is 6.10. The van der Waals surface area contributed by atoms with Crippen molar-refractivity contribution in [3.05, 3.63) is 51.1 Å². The van der Waals surface area contributed by atoms with Gasteiger partial charge in [0, 0.05) is 10.6 Å². The summed E-state index contributed by atoms with van der Waals surface area (Å²) in [6.07, 6.45) is 0. The van der Waals surface area contributed by atoms with Crippen LogP contribution in [0, 0.1) is 4.77 Å². The molecule has 5 nitrogen and oxygen atoms in total. The van der Waals surface area contributed by atoms with Crippen LogP contribution in [0.5, 0.6) is 5.75 Å². The van der Waals surface area contributed by atoms with Crippen LogP contribution in [0.3, 0.4) is 0 Å². The highest BCUT2D eigenvalue weighted by atomic mass is 35.5. The standard InChI is InChI=1S/C16H17ClN4OS2/c1-20(9-11-8-12(17)5-6-13(11)22-2)10-21-16(23)18-15(19-21)14-4-3-7-24-14/h3-8H,9-10H2,1-2H3,(H,18,19,23)/p+1. The van der Waals surface area contributed by atoms with Crippen LogP contribution in [0.1, 0.15) is 5.56 Å². The van der Waals surface area contributed by atoms with Crippen molar-refractivity contribution in [1.29, 1.82) is 0 Å². The lowest BCUT2D eigenvalue weighted by atomic mass is 10.2. The van der Waals surface area contributed by atoms with Crippen molar-refractivity contribution in [1.82, 2.24) is 14.8 Å². The Hall–Kier alpha value is -1.67. The molecule has 126 valence electrons. The van der Waals surface area contributed by atoms with Gasteiger partial charge >= 0.3 is 0 Å². The van der Waals surface area contributed by atoms with Crippen molar-refractivity contribution in [2.24, 2.45) is 0 Å². The molecular weight excluding hydrogens is 364 g/mol. The second-order valence-electron chi connectivity index (χ2n) is 5.51. The predicted molar refractivity (Wildman–Crippen MR) is 99.3 cm³/mol. The average molecular weight is 382 g/mol. The van der Waals surface area contributed by atoms with Gasteiger partial charge in [-0.2, -0.15) is 4.98 Å². The molecule has 0 aliphatic carbocycles. The molecular formula is C16H18ClN4OS2+. The van der Waals surface area contributed by atoms with Crippen molar-refractivity contribution in [2.45, 2.75) is 13.2 Å².